The zero-order valence-corrected chi connectivity index (χ0v) is 12.6. The maximum Gasteiger partial charge on any atom is 0.249 e. The Hall–Kier alpha value is -1.30. The van der Waals surface area contributed by atoms with Gasteiger partial charge < -0.3 is 15.5 Å². The topological polar surface area (TPSA) is 61.4 Å². The van der Waals surface area contributed by atoms with E-state index in [1.165, 1.54) is 0 Å². The second-order valence-electron chi connectivity index (χ2n) is 4.41. The molecule has 2 rings (SSSR count). The van der Waals surface area contributed by atoms with Crippen molar-refractivity contribution in [2.75, 3.05) is 25.0 Å². The van der Waals surface area contributed by atoms with Gasteiger partial charge in [0.1, 0.15) is 6.04 Å². The van der Waals surface area contributed by atoms with Crippen molar-refractivity contribution in [3.63, 3.8) is 0 Å². The van der Waals surface area contributed by atoms with E-state index in [1.54, 1.807) is 30.1 Å². The third-order valence-corrected chi connectivity index (χ3v) is 3.23. The Morgan fingerprint density at radius 3 is 2.90 bits per heavy atom. The van der Waals surface area contributed by atoms with E-state index in [-0.39, 0.29) is 30.8 Å². The minimum absolute atomic E-state index is 0. The minimum Gasteiger partial charge on any atom is -0.343 e. The third-order valence-electron chi connectivity index (χ3n) is 3.00. The lowest BCUT2D eigenvalue weighted by Crippen LogP contribution is -2.44. The first-order valence-electron chi connectivity index (χ1n) is 6.12. The second-order valence-corrected chi connectivity index (χ2v) is 4.85. The summed E-state index contributed by atoms with van der Waals surface area (Å²) in [5.41, 5.74) is 0.767. The molecule has 0 bridgehead atoms. The van der Waals surface area contributed by atoms with E-state index in [1.807, 2.05) is 6.07 Å². The lowest BCUT2D eigenvalue weighted by atomic mass is 10.2. The molecular weight excluding hydrogens is 301 g/mol. The smallest absolute Gasteiger partial charge is 0.249 e. The molecule has 1 saturated heterocycles. The van der Waals surface area contributed by atoms with Crippen LogP contribution in [0.4, 0.5) is 5.69 Å². The van der Waals surface area contributed by atoms with Crippen LogP contribution in [0.3, 0.4) is 0 Å². The Morgan fingerprint density at radius 2 is 2.25 bits per heavy atom. The first-order chi connectivity index (χ1) is 9.11. The molecule has 5 nitrogen and oxygen atoms in total. The van der Waals surface area contributed by atoms with E-state index in [2.05, 4.69) is 10.6 Å². The molecule has 0 aliphatic carbocycles. The number of halogens is 2. The zero-order valence-electron chi connectivity index (χ0n) is 11.1. The number of hydrogen-bond acceptors (Lipinski definition) is 3. The summed E-state index contributed by atoms with van der Waals surface area (Å²) in [5.74, 6) is -0.263. The quantitative estimate of drug-likeness (QED) is 0.877. The second kappa shape index (κ2) is 7.47. The van der Waals surface area contributed by atoms with Gasteiger partial charge in [0.15, 0.2) is 0 Å². The lowest BCUT2D eigenvalue weighted by Gasteiger charge is -2.17. The minimum atomic E-state index is -0.445. The van der Waals surface area contributed by atoms with Gasteiger partial charge in [-0.2, -0.15) is 0 Å². The van der Waals surface area contributed by atoms with Crippen LogP contribution in [0, 0.1) is 0 Å². The van der Waals surface area contributed by atoms with E-state index in [4.69, 9.17) is 11.6 Å². The molecular formula is C13H17Cl2N3O2. The summed E-state index contributed by atoms with van der Waals surface area (Å²) >= 11 is 5.92. The van der Waals surface area contributed by atoms with Crippen molar-refractivity contribution >= 4 is 41.5 Å². The molecule has 0 spiro atoms. The van der Waals surface area contributed by atoms with Gasteiger partial charge in [-0.05, 0) is 31.7 Å². The molecule has 2 amide bonds. The van der Waals surface area contributed by atoms with Crippen LogP contribution < -0.4 is 15.5 Å². The molecule has 1 heterocycles. The van der Waals surface area contributed by atoms with E-state index in [0.29, 0.717) is 18.0 Å². The van der Waals surface area contributed by atoms with Crippen LogP contribution >= 0.6 is 24.0 Å². The molecule has 1 atom stereocenters. The van der Waals surface area contributed by atoms with Gasteiger partial charge in [0.25, 0.3) is 0 Å². The highest BCUT2D eigenvalue weighted by Gasteiger charge is 2.33. The number of nitrogens with one attached hydrogen (secondary N) is 2. The Balaban J connectivity index is 0.00000200. The number of amides is 2. The Bertz CT molecular complexity index is 496. The average molecular weight is 318 g/mol. The number of carbonyl (C=O) groups is 2. The first-order valence-corrected chi connectivity index (χ1v) is 6.50. The molecule has 0 aromatic heterocycles. The van der Waals surface area contributed by atoms with Gasteiger partial charge in [-0.1, -0.05) is 17.7 Å². The monoisotopic (exact) mass is 317 g/mol. The fourth-order valence-corrected chi connectivity index (χ4v) is 2.30. The van der Waals surface area contributed by atoms with E-state index >= 15 is 0 Å². The molecule has 110 valence electrons. The largest absolute Gasteiger partial charge is 0.343 e. The number of rotatable bonds is 4. The highest BCUT2D eigenvalue weighted by atomic mass is 35.5. The summed E-state index contributed by atoms with van der Waals surface area (Å²) in [4.78, 5) is 25.3. The molecule has 0 radical (unpaired) electrons. The van der Waals surface area contributed by atoms with Crippen LogP contribution in [0.2, 0.25) is 5.02 Å². The van der Waals surface area contributed by atoms with Gasteiger partial charge in [-0.25, -0.2) is 0 Å². The lowest BCUT2D eigenvalue weighted by molar-refractivity contribution is -0.125. The van der Waals surface area contributed by atoms with Gasteiger partial charge >= 0.3 is 0 Å². The van der Waals surface area contributed by atoms with Crippen LogP contribution in [0.15, 0.2) is 24.3 Å². The van der Waals surface area contributed by atoms with E-state index in [0.717, 1.165) is 5.69 Å². The maximum absolute atomic E-state index is 12.2. The van der Waals surface area contributed by atoms with Crippen molar-refractivity contribution in [1.29, 1.82) is 0 Å². The van der Waals surface area contributed by atoms with Crippen molar-refractivity contribution in [3.05, 3.63) is 29.3 Å². The van der Waals surface area contributed by atoms with E-state index < -0.39 is 6.04 Å². The molecule has 1 aromatic carbocycles. The highest BCUT2D eigenvalue weighted by molar-refractivity contribution is 6.31. The third kappa shape index (κ3) is 3.85. The molecule has 1 fully saturated rings. The Kier molecular flexibility index (Phi) is 6.26. The standard InChI is InChI=1S/C13H16ClN3O2.ClH/c1-15-8-12(18)16-11-5-6-17(13(11)19)10-4-2-3-9(14)7-10;/h2-4,7,11,15H,5-6,8H2,1H3,(H,16,18);1H. The number of carbonyl (C=O) groups excluding carboxylic acids is 2. The van der Waals surface area contributed by atoms with Crippen molar-refractivity contribution < 1.29 is 9.59 Å². The molecule has 1 unspecified atom stereocenters. The van der Waals surface area contributed by atoms with Crippen LogP contribution in [-0.2, 0) is 9.59 Å². The van der Waals surface area contributed by atoms with Crippen molar-refractivity contribution in [3.8, 4) is 0 Å². The van der Waals surface area contributed by atoms with Crippen LogP contribution in [-0.4, -0.2) is 38.0 Å². The molecule has 0 saturated carbocycles. The van der Waals surface area contributed by atoms with Gasteiger partial charge in [0.2, 0.25) is 11.8 Å². The number of nitrogens with zero attached hydrogens (tertiary/aromatic N) is 1. The number of benzene rings is 1. The average Bonchev–Trinajstić information content (AvgIpc) is 2.71. The summed E-state index contributed by atoms with van der Waals surface area (Å²) < 4.78 is 0. The molecule has 20 heavy (non-hydrogen) atoms. The van der Waals surface area contributed by atoms with Crippen LogP contribution in [0.25, 0.3) is 0 Å². The normalized spacial score (nSPS) is 17.8. The molecule has 1 aromatic rings. The van der Waals surface area contributed by atoms with Crippen molar-refractivity contribution in [2.45, 2.75) is 12.5 Å². The number of anilines is 1. The SMILES string of the molecule is CNCC(=O)NC1CCN(c2cccc(Cl)c2)C1=O.Cl. The van der Waals surface area contributed by atoms with Gasteiger partial charge in [-0.3, -0.25) is 9.59 Å². The fraction of sp³-hybridized carbons (Fsp3) is 0.385. The number of likely N-dealkylation sites (N-methyl/N-ethyl adjacent to an activating group) is 1. The van der Waals surface area contributed by atoms with E-state index in [9.17, 15) is 9.59 Å². The predicted molar refractivity (Wildman–Crippen MR) is 81.5 cm³/mol. The molecule has 1 aliphatic heterocycles. The first kappa shape index (κ1) is 16.8. The molecule has 7 heteroatoms. The van der Waals surface area contributed by atoms with Gasteiger partial charge in [0.05, 0.1) is 6.54 Å². The Morgan fingerprint density at radius 1 is 1.50 bits per heavy atom. The van der Waals surface area contributed by atoms with Gasteiger partial charge in [0, 0.05) is 17.3 Å². The summed E-state index contributed by atoms with van der Waals surface area (Å²) in [6.07, 6.45) is 0.612. The maximum atomic E-state index is 12.2. The Labute approximate surface area is 129 Å². The van der Waals surface area contributed by atoms with Crippen LogP contribution in [0.1, 0.15) is 6.42 Å². The van der Waals surface area contributed by atoms with Crippen molar-refractivity contribution in [1.82, 2.24) is 10.6 Å². The molecule has 1 aliphatic rings. The van der Waals surface area contributed by atoms with Gasteiger partial charge in [-0.15, -0.1) is 12.4 Å². The van der Waals surface area contributed by atoms with Crippen molar-refractivity contribution in [2.24, 2.45) is 0 Å². The number of hydrogen-bond donors (Lipinski definition) is 2. The fourth-order valence-electron chi connectivity index (χ4n) is 2.12. The summed E-state index contributed by atoms with van der Waals surface area (Å²) in [6.45, 7) is 0.796. The summed E-state index contributed by atoms with van der Waals surface area (Å²) in [6, 6.07) is 6.70. The highest BCUT2D eigenvalue weighted by Crippen LogP contribution is 2.24. The zero-order chi connectivity index (χ0) is 13.8. The predicted octanol–water partition coefficient (Wildman–Crippen LogP) is 1.20. The summed E-state index contributed by atoms with van der Waals surface area (Å²) in [5, 5.41) is 6.06. The van der Waals surface area contributed by atoms with Crippen LogP contribution in [0.5, 0.6) is 0 Å². The molecule has 2 N–H and O–H groups in total. The summed E-state index contributed by atoms with van der Waals surface area (Å²) in [7, 11) is 1.69.